The fourth-order valence-electron chi connectivity index (χ4n) is 2.08. The Hall–Kier alpha value is -1.97. The van der Waals surface area contributed by atoms with E-state index in [1.165, 1.54) is 0 Å². The van der Waals surface area contributed by atoms with Crippen LogP contribution in [0.4, 0.5) is 0 Å². The average Bonchev–Trinajstić information content (AvgIpc) is 2.59. The summed E-state index contributed by atoms with van der Waals surface area (Å²) in [4.78, 5) is 0. The predicted molar refractivity (Wildman–Crippen MR) is 106 cm³/mol. The minimum absolute atomic E-state index is 0.399. The number of allylic oxidation sites excluding steroid dienone is 1. The highest BCUT2D eigenvalue weighted by atomic mass is 127. The summed E-state index contributed by atoms with van der Waals surface area (Å²) in [6.45, 7) is 4.04. The van der Waals surface area contributed by atoms with E-state index in [1.807, 2.05) is 30.3 Å². The standard InChI is InChI=1S/C19H15ClINO2/c1-3-8-24-19-17(21)10-13(11-18(19)23-2)9-15(12-22)14-4-6-16(20)7-5-14/h3-7,9-11H,1,8H2,2H3/b15-9+. The minimum atomic E-state index is 0.399. The van der Waals surface area contributed by atoms with Gasteiger partial charge in [-0.2, -0.15) is 5.26 Å². The summed E-state index contributed by atoms with van der Waals surface area (Å²) in [7, 11) is 1.59. The van der Waals surface area contributed by atoms with Gasteiger partial charge in [0.2, 0.25) is 0 Å². The molecule has 0 unspecified atom stereocenters. The van der Waals surface area contributed by atoms with Gasteiger partial charge in [0.05, 0.1) is 22.3 Å². The molecule has 0 N–H and O–H groups in total. The molecule has 0 bridgehead atoms. The molecule has 0 spiro atoms. The predicted octanol–water partition coefficient (Wildman–Crippen LogP) is 5.58. The smallest absolute Gasteiger partial charge is 0.174 e. The Kier molecular flexibility index (Phi) is 6.71. The number of hydrogen-bond acceptors (Lipinski definition) is 3. The Morgan fingerprint density at radius 3 is 2.62 bits per heavy atom. The second-order valence-corrected chi connectivity index (χ2v) is 6.41. The highest BCUT2D eigenvalue weighted by molar-refractivity contribution is 14.1. The topological polar surface area (TPSA) is 42.2 Å². The van der Waals surface area contributed by atoms with E-state index in [2.05, 4.69) is 35.2 Å². The summed E-state index contributed by atoms with van der Waals surface area (Å²) in [5, 5.41) is 10.1. The zero-order chi connectivity index (χ0) is 17.5. The Morgan fingerprint density at radius 2 is 2.04 bits per heavy atom. The van der Waals surface area contributed by atoms with Gasteiger partial charge in [-0.15, -0.1) is 0 Å². The van der Waals surface area contributed by atoms with Crippen molar-refractivity contribution in [2.24, 2.45) is 0 Å². The maximum atomic E-state index is 9.46. The number of rotatable bonds is 6. The molecule has 0 aliphatic carbocycles. The van der Waals surface area contributed by atoms with Crippen molar-refractivity contribution in [2.75, 3.05) is 13.7 Å². The molecule has 5 heteroatoms. The van der Waals surface area contributed by atoms with E-state index < -0.39 is 0 Å². The lowest BCUT2D eigenvalue weighted by Crippen LogP contribution is -1.99. The van der Waals surface area contributed by atoms with Crippen LogP contribution in [0.1, 0.15) is 11.1 Å². The van der Waals surface area contributed by atoms with Crippen LogP contribution in [0.15, 0.2) is 49.1 Å². The molecule has 122 valence electrons. The fourth-order valence-corrected chi connectivity index (χ4v) is 2.99. The second kappa shape index (κ2) is 8.76. The lowest BCUT2D eigenvalue weighted by atomic mass is 10.0. The minimum Gasteiger partial charge on any atom is -0.493 e. The quantitative estimate of drug-likeness (QED) is 0.249. The first-order valence-electron chi connectivity index (χ1n) is 7.08. The summed E-state index contributed by atoms with van der Waals surface area (Å²) in [6, 6.07) is 13.2. The third-order valence-electron chi connectivity index (χ3n) is 3.18. The SMILES string of the molecule is C=CCOc1c(I)cc(/C=C(\C#N)c2ccc(Cl)cc2)cc1OC. The third kappa shape index (κ3) is 4.53. The van der Waals surface area contributed by atoms with Gasteiger partial charge in [-0.25, -0.2) is 0 Å². The summed E-state index contributed by atoms with van der Waals surface area (Å²) in [5.41, 5.74) is 2.21. The number of benzene rings is 2. The van der Waals surface area contributed by atoms with Crippen LogP contribution >= 0.6 is 34.2 Å². The van der Waals surface area contributed by atoms with Crippen LogP contribution in [-0.2, 0) is 0 Å². The van der Waals surface area contributed by atoms with Crippen molar-refractivity contribution in [3.8, 4) is 17.6 Å². The summed E-state index contributed by atoms with van der Waals surface area (Å²) in [6.07, 6.45) is 3.49. The van der Waals surface area contributed by atoms with Gasteiger partial charge in [-0.05, 0) is 64.1 Å². The van der Waals surface area contributed by atoms with E-state index >= 15 is 0 Å². The summed E-state index contributed by atoms with van der Waals surface area (Å²) >= 11 is 8.08. The van der Waals surface area contributed by atoms with Crippen LogP contribution < -0.4 is 9.47 Å². The number of ether oxygens (including phenoxy) is 2. The molecule has 0 aliphatic heterocycles. The first-order valence-corrected chi connectivity index (χ1v) is 8.53. The van der Waals surface area contributed by atoms with Crippen LogP contribution in [0, 0.1) is 14.9 Å². The van der Waals surface area contributed by atoms with Gasteiger partial charge in [-0.3, -0.25) is 0 Å². The van der Waals surface area contributed by atoms with E-state index in [1.54, 1.807) is 25.3 Å². The highest BCUT2D eigenvalue weighted by Crippen LogP contribution is 2.35. The number of nitriles is 1. The normalized spacial score (nSPS) is 10.8. The Morgan fingerprint density at radius 1 is 1.33 bits per heavy atom. The molecule has 2 rings (SSSR count). The van der Waals surface area contributed by atoms with Crippen molar-refractivity contribution in [1.29, 1.82) is 5.26 Å². The molecule has 0 radical (unpaired) electrons. The van der Waals surface area contributed by atoms with E-state index in [9.17, 15) is 5.26 Å². The van der Waals surface area contributed by atoms with Gasteiger partial charge >= 0.3 is 0 Å². The lowest BCUT2D eigenvalue weighted by Gasteiger charge is -2.12. The summed E-state index contributed by atoms with van der Waals surface area (Å²) in [5.74, 6) is 1.28. The number of methoxy groups -OCH3 is 1. The zero-order valence-electron chi connectivity index (χ0n) is 13.1. The largest absolute Gasteiger partial charge is 0.493 e. The lowest BCUT2D eigenvalue weighted by molar-refractivity contribution is 0.324. The molecule has 0 saturated heterocycles. The van der Waals surface area contributed by atoms with Gasteiger partial charge in [0, 0.05) is 5.02 Å². The molecule has 0 heterocycles. The van der Waals surface area contributed by atoms with Crippen molar-refractivity contribution in [2.45, 2.75) is 0 Å². The number of hydrogen-bond donors (Lipinski definition) is 0. The maximum absolute atomic E-state index is 9.46. The molecule has 0 saturated carbocycles. The highest BCUT2D eigenvalue weighted by Gasteiger charge is 2.11. The third-order valence-corrected chi connectivity index (χ3v) is 4.24. The maximum Gasteiger partial charge on any atom is 0.174 e. The Labute approximate surface area is 160 Å². The fraction of sp³-hybridized carbons (Fsp3) is 0.105. The van der Waals surface area contributed by atoms with Gasteiger partial charge in [0.1, 0.15) is 6.61 Å². The average molecular weight is 452 g/mol. The molecule has 0 fully saturated rings. The molecule has 2 aromatic rings. The van der Waals surface area contributed by atoms with Crippen LogP contribution in [0.5, 0.6) is 11.5 Å². The molecule has 0 aliphatic rings. The molecule has 2 aromatic carbocycles. The monoisotopic (exact) mass is 451 g/mol. The van der Waals surface area contributed by atoms with Gasteiger partial charge in [0.25, 0.3) is 0 Å². The molecule has 0 atom stereocenters. The van der Waals surface area contributed by atoms with E-state index in [-0.39, 0.29) is 0 Å². The molecule has 0 amide bonds. The van der Waals surface area contributed by atoms with Gasteiger partial charge < -0.3 is 9.47 Å². The first-order chi connectivity index (χ1) is 11.6. The molecule has 24 heavy (non-hydrogen) atoms. The first kappa shape index (κ1) is 18.4. The Balaban J connectivity index is 2.43. The molecule has 3 nitrogen and oxygen atoms in total. The van der Waals surface area contributed by atoms with Crippen molar-refractivity contribution >= 4 is 45.8 Å². The van der Waals surface area contributed by atoms with E-state index in [4.69, 9.17) is 21.1 Å². The Bertz CT molecular complexity index is 807. The van der Waals surface area contributed by atoms with Crippen LogP contribution in [0.3, 0.4) is 0 Å². The van der Waals surface area contributed by atoms with Crippen LogP contribution in [-0.4, -0.2) is 13.7 Å². The van der Waals surface area contributed by atoms with E-state index in [0.29, 0.717) is 28.7 Å². The van der Waals surface area contributed by atoms with E-state index in [0.717, 1.165) is 14.7 Å². The van der Waals surface area contributed by atoms with Gasteiger partial charge in [-0.1, -0.05) is 36.4 Å². The van der Waals surface area contributed by atoms with Crippen molar-refractivity contribution in [1.82, 2.24) is 0 Å². The number of halogens is 2. The second-order valence-electron chi connectivity index (χ2n) is 4.81. The zero-order valence-corrected chi connectivity index (χ0v) is 16.0. The van der Waals surface area contributed by atoms with Crippen molar-refractivity contribution in [3.63, 3.8) is 0 Å². The van der Waals surface area contributed by atoms with Crippen molar-refractivity contribution in [3.05, 3.63) is 68.8 Å². The summed E-state index contributed by atoms with van der Waals surface area (Å²) < 4.78 is 11.9. The van der Waals surface area contributed by atoms with Crippen molar-refractivity contribution < 1.29 is 9.47 Å². The molecular weight excluding hydrogens is 437 g/mol. The van der Waals surface area contributed by atoms with Crippen LogP contribution in [0.2, 0.25) is 5.02 Å². The molecule has 0 aromatic heterocycles. The molecular formula is C19H15ClINO2. The van der Waals surface area contributed by atoms with Gasteiger partial charge in [0.15, 0.2) is 11.5 Å². The number of nitrogens with zero attached hydrogens (tertiary/aromatic N) is 1. The van der Waals surface area contributed by atoms with Crippen LogP contribution in [0.25, 0.3) is 11.6 Å².